The minimum absolute atomic E-state index is 0.102. The molecule has 2 aliphatic heterocycles. The molecule has 0 spiro atoms. The molecule has 0 aromatic heterocycles. The minimum Gasteiger partial charge on any atom is -0.394 e. The molecule has 3 rings (SSSR count). The van der Waals surface area contributed by atoms with E-state index in [4.69, 9.17) is 0 Å². The standard InChI is InChI=1S/C15H21FN2O/c16-12-4-3-5-13(10-12)17-15(11-19)7-9-18-8-2-1-6-14(15)18/h3-5,10,14,17,19H,1-2,6-9,11H2. The van der Waals surface area contributed by atoms with E-state index in [0.717, 1.165) is 31.6 Å². The Morgan fingerprint density at radius 1 is 1.37 bits per heavy atom. The molecule has 0 radical (unpaired) electrons. The molecule has 0 saturated carbocycles. The summed E-state index contributed by atoms with van der Waals surface area (Å²) < 4.78 is 13.3. The zero-order chi connectivity index (χ0) is 13.3. The summed E-state index contributed by atoms with van der Waals surface area (Å²) in [6, 6.07) is 6.89. The minimum atomic E-state index is -0.311. The summed E-state index contributed by atoms with van der Waals surface area (Å²) in [7, 11) is 0. The summed E-state index contributed by atoms with van der Waals surface area (Å²) in [4.78, 5) is 2.46. The number of benzene rings is 1. The van der Waals surface area contributed by atoms with Crippen LogP contribution in [0.15, 0.2) is 24.3 Å². The largest absolute Gasteiger partial charge is 0.394 e. The first kappa shape index (κ1) is 12.9. The molecule has 4 heteroatoms. The van der Waals surface area contributed by atoms with Crippen LogP contribution in [0.3, 0.4) is 0 Å². The van der Waals surface area contributed by atoms with Crippen LogP contribution in [0.4, 0.5) is 10.1 Å². The van der Waals surface area contributed by atoms with Crippen molar-refractivity contribution in [2.75, 3.05) is 25.0 Å². The number of nitrogens with zero attached hydrogens (tertiary/aromatic N) is 1. The van der Waals surface area contributed by atoms with Gasteiger partial charge in [0.15, 0.2) is 0 Å². The van der Waals surface area contributed by atoms with Crippen LogP contribution in [-0.4, -0.2) is 41.3 Å². The lowest BCUT2D eigenvalue weighted by molar-refractivity contribution is 0.123. The summed E-state index contributed by atoms with van der Waals surface area (Å²) in [5.74, 6) is -0.239. The fourth-order valence-corrected chi connectivity index (χ4v) is 3.62. The summed E-state index contributed by atoms with van der Waals surface area (Å²) in [5, 5.41) is 13.3. The van der Waals surface area contributed by atoms with Crippen molar-refractivity contribution >= 4 is 5.69 Å². The second-order valence-corrected chi connectivity index (χ2v) is 5.75. The van der Waals surface area contributed by atoms with E-state index >= 15 is 0 Å². The molecule has 2 unspecified atom stereocenters. The summed E-state index contributed by atoms with van der Waals surface area (Å²) in [5.41, 5.74) is 0.454. The maximum atomic E-state index is 13.3. The van der Waals surface area contributed by atoms with E-state index in [1.807, 2.05) is 6.07 Å². The average molecular weight is 264 g/mol. The van der Waals surface area contributed by atoms with Gasteiger partial charge in [0.2, 0.25) is 0 Å². The zero-order valence-corrected chi connectivity index (χ0v) is 11.1. The van der Waals surface area contributed by atoms with Crippen molar-refractivity contribution in [1.29, 1.82) is 0 Å². The van der Waals surface area contributed by atoms with E-state index < -0.39 is 0 Å². The van der Waals surface area contributed by atoms with E-state index in [1.54, 1.807) is 6.07 Å². The van der Waals surface area contributed by atoms with E-state index in [2.05, 4.69) is 10.2 Å². The van der Waals surface area contributed by atoms with Crippen molar-refractivity contribution in [3.8, 4) is 0 Å². The third-order valence-electron chi connectivity index (χ3n) is 4.60. The van der Waals surface area contributed by atoms with Crippen molar-refractivity contribution in [2.45, 2.75) is 37.3 Å². The highest BCUT2D eigenvalue weighted by molar-refractivity contribution is 5.47. The second kappa shape index (κ2) is 5.10. The van der Waals surface area contributed by atoms with Crippen LogP contribution in [0.5, 0.6) is 0 Å². The Morgan fingerprint density at radius 3 is 3.05 bits per heavy atom. The molecule has 2 aliphatic rings. The van der Waals surface area contributed by atoms with Gasteiger partial charge < -0.3 is 10.4 Å². The van der Waals surface area contributed by atoms with Crippen LogP contribution >= 0.6 is 0 Å². The number of aliphatic hydroxyl groups excluding tert-OH is 1. The summed E-state index contributed by atoms with van der Waals surface area (Å²) in [6.45, 7) is 2.25. The van der Waals surface area contributed by atoms with Gasteiger partial charge in [-0.2, -0.15) is 0 Å². The molecule has 0 amide bonds. The second-order valence-electron chi connectivity index (χ2n) is 5.75. The number of fused-ring (bicyclic) bond motifs is 1. The molecule has 2 heterocycles. The molecule has 2 atom stereocenters. The molecule has 2 fully saturated rings. The first-order valence-electron chi connectivity index (χ1n) is 7.12. The lowest BCUT2D eigenvalue weighted by atomic mass is 9.86. The lowest BCUT2D eigenvalue weighted by Crippen LogP contribution is -2.54. The molecule has 0 aliphatic carbocycles. The number of hydrogen-bond acceptors (Lipinski definition) is 3. The maximum Gasteiger partial charge on any atom is 0.125 e. The van der Waals surface area contributed by atoms with Gasteiger partial charge in [-0.25, -0.2) is 4.39 Å². The number of anilines is 1. The molecular formula is C15H21FN2O. The van der Waals surface area contributed by atoms with Gasteiger partial charge in [-0.3, -0.25) is 4.90 Å². The van der Waals surface area contributed by atoms with Crippen LogP contribution in [-0.2, 0) is 0 Å². The zero-order valence-electron chi connectivity index (χ0n) is 11.1. The SMILES string of the molecule is OCC1(Nc2cccc(F)c2)CCN2CCCCC21. The van der Waals surface area contributed by atoms with Crippen molar-refractivity contribution in [3.63, 3.8) is 0 Å². The molecule has 0 bridgehead atoms. The summed E-state index contributed by atoms with van der Waals surface area (Å²) >= 11 is 0. The van der Waals surface area contributed by atoms with Crippen LogP contribution in [0.25, 0.3) is 0 Å². The molecule has 2 N–H and O–H groups in total. The summed E-state index contributed by atoms with van der Waals surface area (Å²) in [6.07, 6.45) is 4.50. The van der Waals surface area contributed by atoms with Gasteiger partial charge in [0, 0.05) is 18.3 Å². The first-order chi connectivity index (χ1) is 9.23. The van der Waals surface area contributed by atoms with Gasteiger partial charge >= 0.3 is 0 Å². The van der Waals surface area contributed by atoms with Gasteiger partial charge in [0.25, 0.3) is 0 Å². The predicted molar refractivity (Wildman–Crippen MR) is 73.7 cm³/mol. The number of hydrogen-bond donors (Lipinski definition) is 2. The molecule has 3 nitrogen and oxygen atoms in total. The molecule has 104 valence electrons. The number of piperidine rings is 1. The molecule has 1 aromatic carbocycles. The van der Waals surface area contributed by atoms with E-state index in [0.29, 0.717) is 6.04 Å². The number of rotatable bonds is 3. The topological polar surface area (TPSA) is 35.5 Å². The van der Waals surface area contributed by atoms with E-state index in [-0.39, 0.29) is 18.0 Å². The van der Waals surface area contributed by atoms with Crippen molar-refractivity contribution in [2.24, 2.45) is 0 Å². The van der Waals surface area contributed by atoms with Crippen molar-refractivity contribution in [1.82, 2.24) is 4.90 Å². The highest BCUT2D eigenvalue weighted by Gasteiger charge is 2.47. The maximum absolute atomic E-state index is 13.3. The molecule has 2 saturated heterocycles. The highest BCUT2D eigenvalue weighted by Crippen LogP contribution is 2.37. The Balaban J connectivity index is 1.83. The third-order valence-corrected chi connectivity index (χ3v) is 4.60. The predicted octanol–water partition coefficient (Wildman–Crippen LogP) is 2.23. The van der Waals surface area contributed by atoms with Crippen LogP contribution < -0.4 is 5.32 Å². The van der Waals surface area contributed by atoms with Crippen molar-refractivity contribution in [3.05, 3.63) is 30.1 Å². The molecular weight excluding hydrogens is 243 g/mol. The van der Waals surface area contributed by atoms with E-state index in [9.17, 15) is 9.50 Å². The van der Waals surface area contributed by atoms with Gasteiger partial charge in [0.1, 0.15) is 5.82 Å². The van der Waals surface area contributed by atoms with Crippen molar-refractivity contribution < 1.29 is 9.50 Å². The fraction of sp³-hybridized carbons (Fsp3) is 0.600. The smallest absolute Gasteiger partial charge is 0.125 e. The number of aliphatic hydroxyl groups is 1. The normalized spacial score (nSPS) is 31.2. The van der Waals surface area contributed by atoms with Gasteiger partial charge in [-0.1, -0.05) is 12.5 Å². The Hall–Kier alpha value is -1.13. The Labute approximate surface area is 113 Å². The lowest BCUT2D eigenvalue weighted by Gasteiger charge is -2.40. The number of halogens is 1. The highest BCUT2D eigenvalue weighted by atomic mass is 19.1. The Kier molecular flexibility index (Phi) is 3.46. The van der Waals surface area contributed by atoms with Crippen LogP contribution in [0.1, 0.15) is 25.7 Å². The Bertz CT molecular complexity index is 454. The quantitative estimate of drug-likeness (QED) is 0.879. The van der Waals surface area contributed by atoms with Crippen LogP contribution in [0, 0.1) is 5.82 Å². The molecule has 1 aromatic rings. The van der Waals surface area contributed by atoms with Gasteiger partial charge in [0.05, 0.1) is 12.1 Å². The average Bonchev–Trinajstić information content (AvgIpc) is 2.79. The fourth-order valence-electron chi connectivity index (χ4n) is 3.62. The molecule has 19 heavy (non-hydrogen) atoms. The van der Waals surface area contributed by atoms with Crippen LogP contribution in [0.2, 0.25) is 0 Å². The van der Waals surface area contributed by atoms with E-state index in [1.165, 1.54) is 25.0 Å². The third kappa shape index (κ3) is 2.35. The number of nitrogens with one attached hydrogen (secondary N) is 1. The van der Waals surface area contributed by atoms with Gasteiger partial charge in [-0.05, 0) is 44.0 Å². The Morgan fingerprint density at radius 2 is 2.26 bits per heavy atom. The van der Waals surface area contributed by atoms with Gasteiger partial charge in [-0.15, -0.1) is 0 Å². The monoisotopic (exact) mass is 264 g/mol. The first-order valence-corrected chi connectivity index (χ1v) is 7.12.